The van der Waals surface area contributed by atoms with Gasteiger partial charge in [0.1, 0.15) is 19.8 Å². The van der Waals surface area contributed by atoms with Crippen molar-refractivity contribution in [2.75, 3.05) is 47.5 Å². The molecule has 0 aliphatic heterocycles. The number of phosphoric acid groups is 1. The number of carbonyl (C=O) groups excluding carboxylic acids is 2. The number of quaternary nitrogens is 1. The van der Waals surface area contributed by atoms with E-state index < -0.39 is 38.6 Å². The van der Waals surface area contributed by atoms with Gasteiger partial charge < -0.3 is 24.0 Å². The lowest BCUT2D eigenvalue weighted by molar-refractivity contribution is -0.870. The van der Waals surface area contributed by atoms with Crippen molar-refractivity contribution in [3.8, 4) is 0 Å². The number of nitrogens with zero attached hydrogens (tertiary/aromatic N) is 1. The van der Waals surface area contributed by atoms with Gasteiger partial charge in [-0.2, -0.15) is 0 Å². The highest BCUT2D eigenvalue weighted by Gasteiger charge is 2.27. The number of hydrogen-bond donors (Lipinski definition) is 2. The van der Waals surface area contributed by atoms with E-state index in [0.717, 1.165) is 32.1 Å². The number of carbonyl (C=O) groups is 2. The molecule has 0 saturated carbocycles. The second kappa shape index (κ2) is 34.7. The normalized spacial score (nSPS) is 14.6. The predicted octanol–water partition coefficient (Wildman–Crippen LogP) is 10.3. The summed E-state index contributed by atoms with van der Waals surface area (Å²) in [6.07, 6.45) is 33.7. The van der Waals surface area contributed by atoms with Crippen LogP contribution in [-0.4, -0.2) is 86.1 Å². The molecule has 0 rings (SSSR count). The number of aliphatic hydroxyl groups excluding tert-OH is 1. The molecule has 0 aliphatic carbocycles. The fraction of sp³-hybridized carbons (Fsp3) is 0.810. The van der Waals surface area contributed by atoms with Gasteiger partial charge in [0.15, 0.2) is 6.10 Å². The van der Waals surface area contributed by atoms with Crippen molar-refractivity contribution in [3.05, 3.63) is 36.5 Å². The van der Waals surface area contributed by atoms with Gasteiger partial charge in [-0.1, -0.05) is 147 Å². The highest BCUT2D eigenvalue weighted by Crippen LogP contribution is 2.43. The zero-order valence-electron chi connectivity index (χ0n) is 34.4. The molecule has 53 heavy (non-hydrogen) atoms. The van der Waals surface area contributed by atoms with Gasteiger partial charge in [0, 0.05) is 12.8 Å². The van der Waals surface area contributed by atoms with Gasteiger partial charge in [-0.25, -0.2) is 4.57 Å². The average molecular weight is 773 g/mol. The van der Waals surface area contributed by atoms with Crippen LogP contribution in [0.3, 0.4) is 0 Å². The van der Waals surface area contributed by atoms with E-state index in [1.807, 2.05) is 39.4 Å². The number of ether oxygens (including phenoxy) is 2. The van der Waals surface area contributed by atoms with Crippen LogP contribution in [0.15, 0.2) is 36.5 Å². The highest BCUT2D eigenvalue weighted by molar-refractivity contribution is 7.47. The van der Waals surface area contributed by atoms with Crippen molar-refractivity contribution >= 4 is 19.8 Å². The molecule has 2 N–H and O–H groups in total. The minimum absolute atomic E-state index is 0.00357. The molecular weight excluding hydrogens is 693 g/mol. The summed E-state index contributed by atoms with van der Waals surface area (Å²) < 4.78 is 34.0. The van der Waals surface area contributed by atoms with E-state index in [-0.39, 0.29) is 26.1 Å². The van der Waals surface area contributed by atoms with Crippen LogP contribution in [0.5, 0.6) is 0 Å². The fourth-order valence-corrected chi connectivity index (χ4v) is 6.18. The lowest BCUT2D eigenvalue weighted by atomic mass is 10.1. The maximum atomic E-state index is 12.6. The molecule has 0 bridgehead atoms. The van der Waals surface area contributed by atoms with Crippen LogP contribution < -0.4 is 0 Å². The van der Waals surface area contributed by atoms with E-state index in [9.17, 15) is 24.2 Å². The van der Waals surface area contributed by atoms with E-state index in [1.54, 1.807) is 6.08 Å². The Balaban J connectivity index is 4.56. The number of esters is 2. The molecule has 0 amide bonds. The number of hydrogen-bond acceptors (Lipinski definition) is 8. The summed E-state index contributed by atoms with van der Waals surface area (Å²) in [5, 5.41) is 10.3. The first-order valence-electron chi connectivity index (χ1n) is 20.8. The summed E-state index contributed by atoms with van der Waals surface area (Å²) in [6.45, 7) is 4.18. The lowest BCUT2D eigenvalue weighted by Gasteiger charge is -2.24. The van der Waals surface area contributed by atoms with Gasteiger partial charge in [-0.05, 0) is 38.5 Å². The largest absolute Gasteiger partial charge is 0.472 e. The van der Waals surface area contributed by atoms with E-state index in [4.69, 9.17) is 18.5 Å². The molecule has 0 aliphatic rings. The minimum atomic E-state index is -4.41. The number of likely N-dealkylation sites (N-methyl/N-ethyl adjacent to an activating group) is 1. The number of unbranched alkanes of at least 4 members (excludes halogenated alkanes) is 16. The fourth-order valence-electron chi connectivity index (χ4n) is 5.43. The van der Waals surface area contributed by atoms with Gasteiger partial charge in [-0.15, -0.1) is 0 Å². The summed E-state index contributed by atoms with van der Waals surface area (Å²) >= 11 is 0. The Labute approximate surface area is 324 Å². The van der Waals surface area contributed by atoms with Gasteiger partial charge >= 0.3 is 19.8 Å². The monoisotopic (exact) mass is 773 g/mol. The number of phosphoric ester groups is 1. The van der Waals surface area contributed by atoms with Crippen molar-refractivity contribution in [2.24, 2.45) is 0 Å². The van der Waals surface area contributed by atoms with Gasteiger partial charge in [0.05, 0.1) is 33.9 Å². The van der Waals surface area contributed by atoms with E-state index in [1.165, 1.54) is 83.5 Å². The molecule has 0 radical (unpaired) electrons. The van der Waals surface area contributed by atoms with Crippen molar-refractivity contribution in [1.82, 2.24) is 0 Å². The lowest BCUT2D eigenvalue weighted by Crippen LogP contribution is -2.37. The Bertz CT molecular complexity index is 1020. The zero-order chi connectivity index (χ0) is 39.5. The minimum Gasteiger partial charge on any atom is -0.462 e. The van der Waals surface area contributed by atoms with Crippen LogP contribution in [0.25, 0.3) is 0 Å². The Hall–Kier alpha value is -1.81. The molecule has 10 nitrogen and oxygen atoms in total. The molecule has 11 heteroatoms. The zero-order valence-corrected chi connectivity index (χ0v) is 35.3. The third-order valence-electron chi connectivity index (χ3n) is 8.78. The molecule has 0 aromatic heterocycles. The molecule has 310 valence electrons. The maximum absolute atomic E-state index is 12.6. The SMILES string of the molecule is CCCCCCCC/C=C/C/C=C/C=C/C(O)CCCC(=O)OC[C@H](COP(=O)(O)OCC[N+](C)(C)C)OC(=O)CCCCCCCCCCCCC. The van der Waals surface area contributed by atoms with E-state index in [0.29, 0.717) is 30.3 Å². The van der Waals surface area contributed by atoms with Crippen molar-refractivity contribution in [1.29, 1.82) is 0 Å². The Morgan fingerprint density at radius 3 is 1.85 bits per heavy atom. The molecule has 0 fully saturated rings. The molecule has 0 aromatic carbocycles. The first-order chi connectivity index (χ1) is 25.4. The molecular formula is C42H79NO9P+. The Morgan fingerprint density at radius 1 is 0.679 bits per heavy atom. The Morgan fingerprint density at radius 2 is 1.25 bits per heavy atom. The van der Waals surface area contributed by atoms with Crippen LogP contribution in [0, 0.1) is 0 Å². The molecule has 2 unspecified atom stereocenters. The van der Waals surface area contributed by atoms with E-state index >= 15 is 0 Å². The van der Waals surface area contributed by atoms with E-state index in [2.05, 4.69) is 26.0 Å². The third-order valence-corrected chi connectivity index (χ3v) is 9.76. The van der Waals surface area contributed by atoms with Crippen LogP contribution in [0.1, 0.15) is 162 Å². The van der Waals surface area contributed by atoms with Gasteiger partial charge in [0.25, 0.3) is 0 Å². The highest BCUT2D eigenvalue weighted by atomic mass is 31.2. The molecule has 0 saturated heterocycles. The average Bonchev–Trinajstić information content (AvgIpc) is 3.09. The molecule has 0 heterocycles. The summed E-state index contributed by atoms with van der Waals surface area (Å²) in [6, 6.07) is 0. The van der Waals surface area contributed by atoms with Crippen molar-refractivity contribution in [3.63, 3.8) is 0 Å². The summed E-state index contributed by atoms with van der Waals surface area (Å²) in [5.41, 5.74) is 0. The van der Waals surface area contributed by atoms with Crippen molar-refractivity contribution < 1.29 is 47.2 Å². The molecule has 0 aromatic rings. The second-order valence-corrected chi connectivity index (χ2v) is 16.7. The first-order valence-corrected chi connectivity index (χ1v) is 22.3. The maximum Gasteiger partial charge on any atom is 0.472 e. The van der Waals surface area contributed by atoms with Crippen molar-refractivity contribution in [2.45, 2.75) is 174 Å². The molecule has 3 atom stereocenters. The molecule has 0 spiro atoms. The quantitative estimate of drug-likeness (QED) is 0.0158. The predicted molar refractivity (Wildman–Crippen MR) is 216 cm³/mol. The summed E-state index contributed by atoms with van der Waals surface area (Å²) in [5.74, 6) is -0.996. The van der Waals surface area contributed by atoms with Crippen LogP contribution >= 0.6 is 7.82 Å². The standard InChI is InChI=1S/C42H78NO9P/c1-6-8-10-12-14-16-18-19-21-22-24-26-28-31-39(44)32-30-34-41(45)49-37-40(38-51-53(47,48)50-36-35-43(3,4)5)52-42(46)33-29-27-25-23-20-17-15-13-11-9-7-2/h19,21,24,26,28,31,39-40,44H,6-18,20,22-23,25,27,29-30,32-38H2,1-5H3/p+1/b21-19+,26-24+,31-28+/t39?,40-/m1/s1. The first kappa shape index (κ1) is 51.2. The smallest absolute Gasteiger partial charge is 0.462 e. The van der Waals surface area contributed by atoms with Gasteiger partial charge in [-0.3, -0.25) is 18.6 Å². The topological polar surface area (TPSA) is 129 Å². The number of rotatable bonds is 37. The number of allylic oxidation sites excluding steroid dienone is 5. The van der Waals surface area contributed by atoms with Crippen LogP contribution in [0.4, 0.5) is 0 Å². The van der Waals surface area contributed by atoms with Crippen LogP contribution in [-0.2, 0) is 32.7 Å². The summed E-state index contributed by atoms with van der Waals surface area (Å²) in [4.78, 5) is 35.2. The third kappa shape index (κ3) is 38.3. The summed E-state index contributed by atoms with van der Waals surface area (Å²) in [7, 11) is 1.38. The second-order valence-electron chi connectivity index (χ2n) is 15.2. The number of aliphatic hydroxyl groups is 1. The van der Waals surface area contributed by atoms with Gasteiger partial charge in [0.2, 0.25) is 0 Å². The van der Waals surface area contributed by atoms with Crippen LogP contribution in [0.2, 0.25) is 0 Å². The Kier molecular flexibility index (Phi) is 33.5.